The predicted molar refractivity (Wildman–Crippen MR) is 70.0 cm³/mol. The van der Waals surface area contributed by atoms with Gasteiger partial charge in [0.05, 0.1) is 0 Å². The molecule has 0 aliphatic carbocycles. The van der Waals surface area contributed by atoms with Crippen molar-refractivity contribution < 1.29 is 0 Å². The smallest absolute Gasteiger partial charge is 0.0279 e. The standard InChI is InChI=1S/C14H27N/c1-10(2)12(5)8-9-14(15-7)13(6)11(3)4/h10-11,14-15H,5-6,8-9H2,1-4,7H3. The van der Waals surface area contributed by atoms with Crippen molar-refractivity contribution >= 4 is 0 Å². The maximum absolute atomic E-state index is 4.16. The van der Waals surface area contributed by atoms with Gasteiger partial charge in [0.25, 0.3) is 0 Å². The molecule has 0 bridgehead atoms. The van der Waals surface area contributed by atoms with E-state index in [9.17, 15) is 0 Å². The van der Waals surface area contributed by atoms with E-state index in [4.69, 9.17) is 0 Å². The Hall–Kier alpha value is -0.560. The zero-order valence-electron chi connectivity index (χ0n) is 11.1. The summed E-state index contributed by atoms with van der Waals surface area (Å²) in [5.74, 6) is 1.14. The summed E-state index contributed by atoms with van der Waals surface area (Å²) in [4.78, 5) is 0. The molecule has 1 N–H and O–H groups in total. The minimum Gasteiger partial charge on any atom is -0.313 e. The van der Waals surface area contributed by atoms with Gasteiger partial charge in [-0.05, 0) is 31.7 Å². The molecule has 0 heterocycles. The van der Waals surface area contributed by atoms with Gasteiger partial charge in [-0.15, -0.1) is 0 Å². The van der Waals surface area contributed by atoms with Crippen molar-refractivity contribution in [3.63, 3.8) is 0 Å². The number of hydrogen-bond acceptors (Lipinski definition) is 1. The van der Waals surface area contributed by atoms with Crippen LogP contribution >= 0.6 is 0 Å². The van der Waals surface area contributed by atoms with Crippen molar-refractivity contribution in [3.05, 3.63) is 24.3 Å². The number of allylic oxidation sites excluding steroid dienone is 1. The molecule has 1 heteroatoms. The highest BCUT2D eigenvalue weighted by atomic mass is 14.9. The molecular formula is C14H27N. The first-order valence-electron chi connectivity index (χ1n) is 5.93. The summed E-state index contributed by atoms with van der Waals surface area (Å²) in [5, 5.41) is 3.34. The van der Waals surface area contributed by atoms with Crippen LogP contribution in [0.25, 0.3) is 0 Å². The third kappa shape index (κ3) is 5.17. The maximum atomic E-state index is 4.16. The van der Waals surface area contributed by atoms with Crippen molar-refractivity contribution in [2.75, 3.05) is 7.05 Å². The van der Waals surface area contributed by atoms with Crippen LogP contribution in [0.3, 0.4) is 0 Å². The highest BCUT2D eigenvalue weighted by Crippen LogP contribution is 2.20. The van der Waals surface area contributed by atoms with Crippen LogP contribution in [-0.2, 0) is 0 Å². The fraction of sp³-hybridized carbons (Fsp3) is 0.714. The number of likely N-dealkylation sites (N-methyl/N-ethyl adjacent to an activating group) is 1. The summed E-state index contributed by atoms with van der Waals surface area (Å²) >= 11 is 0. The second-order valence-electron chi connectivity index (χ2n) is 4.92. The molecule has 0 fully saturated rings. The number of nitrogens with one attached hydrogen (secondary N) is 1. The van der Waals surface area contributed by atoms with Crippen LogP contribution in [-0.4, -0.2) is 13.1 Å². The molecule has 1 atom stereocenters. The lowest BCUT2D eigenvalue weighted by atomic mass is 9.91. The van der Waals surface area contributed by atoms with Crippen LogP contribution in [0.1, 0.15) is 40.5 Å². The van der Waals surface area contributed by atoms with Crippen molar-refractivity contribution in [2.45, 2.75) is 46.6 Å². The predicted octanol–water partition coefficient (Wildman–Crippen LogP) is 3.78. The van der Waals surface area contributed by atoms with E-state index in [1.54, 1.807) is 0 Å². The maximum Gasteiger partial charge on any atom is 0.0279 e. The minimum absolute atomic E-state index is 0.431. The van der Waals surface area contributed by atoms with Gasteiger partial charge in [0, 0.05) is 6.04 Å². The first-order chi connectivity index (χ1) is 6.90. The largest absolute Gasteiger partial charge is 0.313 e. The number of hydrogen-bond donors (Lipinski definition) is 1. The SMILES string of the molecule is C=C(CCC(NC)C(=C)C(C)C)C(C)C. The van der Waals surface area contributed by atoms with Crippen molar-refractivity contribution in [2.24, 2.45) is 11.8 Å². The van der Waals surface area contributed by atoms with Crippen LogP contribution in [0.2, 0.25) is 0 Å². The molecule has 0 aliphatic rings. The lowest BCUT2D eigenvalue weighted by molar-refractivity contribution is 0.524. The molecule has 88 valence electrons. The van der Waals surface area contributed by atoms with Gasteiger partial charge in [0.1, 0.15) is 0 Å². The lowest BCUT2D eigenvalue weighted by Gasteiger charge is -2.22. The van der Waals surface area contributed by atoms with Gasteiger partial charge in [0.15, 0.2) is 0 Å². The Morgan fingerprint density at radius 1 is 1.07 bits per heavy atom. The quantitative estimate of drug-likeness (QED) is 0.629. The van der Waals surface area contributed by atoms with Crippen LogP contribution < -0.4 is 5.32 Å². The van der Waals surface area contributed by atoms with E-state index in [0.29, 0.717) is 17.9 Å². The molecule has 0 radical (unpaired) electrons. The van der Waals surface area contributed by atoms with E-state index >= 15 is 0 Å². The molecule has 0 rings (SSSR count). The highest BCUT2D eigenvalue weighted by Gasteiger charge is 2.13. The van der Waals surface area contributed by atoms with Gasteiger partial charge in [0.2, 0.25) is 0 Å². The van der Waals surface area contributed by atoms with Gasteiger partial charge < -0.3 is 5.32 Å². The molecule has 0 amide bonds. The monoisotopic (exact) mass is 209 g/mol. The summed E-state index contributed by atoms with van der Waals surface area (Å²) in [6.07, 6.45) is 2.21. The minimum atomic E-state index is 0.431. The van der Waals surface area contributed by atoms with Crippen LogP contribution in [0.4, 0.5) is 0 Å². The molecule has 1 unspecified atom stereocenters. The van der Waals surface area contributed by atoms with Crippen LogP contribution in [0.5, 0.6) is 0 Å². The number of rotatable bonds is 7. The van der Waals surface area contributed by atoms with Crippen LogP contribution in [0.15, 0.2) is 24.3 Å². The van der Waals surface area contributed by atoms with E-state index in [1.165, 1.54) is 11.1 Å². The molecule has 0 aliphatic heterocycles. The summed E-state index contributed by atoms with van der Waals surface area (Å²) in [6.45, 7) is 17.1. The zero-order chi connectivity index (χ0) is 12.0. The molecule has 1 nitrogen and oxygen atoms in total. The van der Waals surface area contributed by atoms with E-state index in [2.05, 4.69) is 46.2 Å². The van der Waals surface area contributed by atoms with Crippen LogP contribution in [0, 0.1) is 11.8 Å². The topological polar surface area (TPSA) is 12.0 Å². The second kappa shape index (κ2) is 6.84. The van der Waals surface area contributed by atoms with Gasteiger partial charge in [-0.1, -0.05) is 52.0 Å². The molecule has 0 aromatic rings. The summed E-state index contributed by atoms with van der Waals surface area (Å²) in [5.41, 5.74) is 2.64. The van der Waals surface area contributed by atoms with Gasteiger partial charge in [-0.25, -0.2) is 0 Å². The molecule has 0 saturated heterocycles. The highest BCUT2D eigenvalue weighted by molar-refractivity contribution is 5.09. The Bertz CT molecular complexity index is 213. The molecule has 0 aromatic heterocycles. The average Bonchev–Trinajstić information content (AvgIpc) is 2.17. The Labute approximate surface area is 95.7 Å². The first-order valence-corrected chi connectivity index (χ1v) is 5.93. The molecule has 0 aromatic carbocycles. The molecule has 0 saturated carbocycles. The third-order valence-corrected chi connectivity index (χ3v) is 3.11. The van der Waals surface area contributed by atoms with Crippen molar-refractivity contribution in [1.29, 1.82) is 0 Å². The van der Waals surface area contributed by atoms with Crippen molar-refractivity contribution in [1.82, 2.24) is 5.32 Å². The Morgan fingerprint density at radius 3 is 1.93 bits per heavy atom. The first kappa shape index (κ1) is 14.4. The molecule has 0 spiro atoms. The zero-order valence-corrected chi connectivity index (χ0v) is 11.1. The normalized spacial score (nSPS) is 13.3. The van der Waals surface area contributed by atoms with E-state index < -0.39 is 0 Å². The summed E-state index contributed by atoms with van der Waals surface area (Å²) in [7, 11) is 2.01. The molecular weight excluding hydrogens is 182 g/mol. The van der Waals surface area contributed by atoms with Gasteiger partial charge in [-0.2, -0.15) is 0 Å². The van der Waals surface area contributed by atoms with Gasteiger partial charge >= 0.3 is 0 Å². The van der Waals surface area contributed by atoms with E-state index in [1.807, 2.05) is 7.05 Å². The Kier molecular flexibility index (Phi) is 6.58. The van der Waals surface area contributed by atoms with E-state index in [0.717, 1.165) is 12.8 Å². The summed E-state index contributed by atoms with van der Waals surface area (Å²) < 4.78 is 0. The van der Waals surface area contributed by atoms with Gasteiger partial charge in [-0.3, -0.25) is 0 Å². The average molecular weight is 209 g/mol. The Balaban J connectivity index is 4.12. The van der Waals surface area contributed by atoms with E-state index in [-0.39, 0.29) is 0 Å². The van der Waals surface area contributed by atoms with Crippen molar-refractivity contribution in [3.8, 4) is 0 Å². The molecule has 15 heavy (non-hydrogen) atoms. The summed E-state index contributed by atoms with van der Waals surface area (Å²) in [6, 6.07) is 0.431. The second-order valence-corrected chi connectivity index (χ2v) is 4.92. The Morgan fingerprint density at radius 2 is 1.60 bits per heavy atom. The lowest BCUT2D eigenvalue weighted by Crippen LogP contribution is -2.29. The third-order valence-electron chi connectivity index (χ3n) is 3.11. The fourth-order valence-electron chi connectivity index (χ4n) is 1.54. The fourth-order valence-corrected chi connectivity index (χ4v) is 1.54.